The number of ether oxygens (including phenoxy) is 1. The lowest BCUT2D eigenvalue weighted by atomic mass is 9.86. The highest BCUT2D eigenvalue weighted by Gasteiger charge is 2.29. The van der Waals surface area contributed by atoms with Gasteiger partial charge in [-0.1, -0.05) is 0 Å². The summed E-state index contributed by atoms with van der Waals surface area (Å²) in [6.45, 7) is 10.6. The first-order valence-corrected chi connectivity index (χ1v) is 11.7. The average Bonchev–Trinajstić information content (AvgIpc) is 3.16. The number of carbonyl (C=O) groups excluding carboxylic acids is 2. The molecule has 0 spiro atoms. The summed E-state index contributed by atoms with van der Waals surface area (Å²) in [5.74, 6) is 0.998. The molecular weight excluding hydrogens is 394 g/mol. The molecule has 31 heavy (non-hydrogen) atoms. The number of hydrogen-bond donors (Lipinski definition) is 1. The third-order valence-electron chi connectivity index (χ3n) is 6.15. The van der Waals surface area contributed by atoms with Crippen LogP contribution in [0.15, 0.2) is 12.3 Å². The van der Waals surface area contributed by atoms with E-state index in [9.17, 15) is 9.59 Å². The Morgan fingerprint density at radius 1 is 1.19 bits per heavy atom. The number of hydrogen-bond acceptors (Lipinski definition) is 5. The van der Waals surface area contributed by atoms with Crippen molar-refractivity contribution in [2.75, 3.05) is 39.8 Å². The minimum absolute atomic E-state index is 0.0443. The highest BCUT2D eigenvalue weighted by atomic mass is 16.6. The second-order valence-corrected chi connectivity index (χ2v) is 10.0. The summed E-state index contributed by atoms with van der Waals surface area (Å²) < 4.78 is 7.35. The molecule has 1 atom stereocenters. The van der Waals surface area contributed by atoms with Crippen molar-refractivity contribution in [1.29, 1.82) is 0 Å². The minimum Gasteiger partial charge on any atom is -0.444 e. The first-order valence-electron chi connectivity index (χ1n) is 11.7. The van der Waals surface area contributed by atoms with E-state index < -0.39 is 5.60 Å². The maximum Gasteiger partial charge on any atom is 0.410 e. The van der Waals surface area contributed by atoms with E-state index in [0.29, 0.717) is 17.5 Å². The molecule has 8 nitrogen and oxygen atoms in total. The molecule has 1 aromatic heterocycles. The number of nitrogens with one attached hydrogen (secondary N) is 1. The molecule has 1 aromatic rings. The van der Waals surface area contributed by atoms with Gasteiger partial charge < -0.3 is 19.9 Å². The SMILES string of the molecule is CN1CC(CC2CCN(C(=O)OC(C)(C)C)CC2)CNCCCCn2nccc2C1=O. The second kappa shape index (κ2) is 10.5. The third-order valence-corrected chi connectivity index (χ3v) is 6.15. The number of amides is 2. The first-order chi connectivity index (χ1) is 14.7. The maximum atomic E-state index is 13.0. The van der Waals surface area contributed by atoms with Crippen LogP contribution < -0.4 is 5.32 Å². The topological polar surface area (TPSA) is 79.7 Å². The molecule has 1 saturated heterocycles. The number of rotatable bonds is 2. The van der Waals surface area contributed by atoms with E-state index in [2.05, 4.69) is 10.4 Å². The molecule has 3 heterocycles. The molecule has 0 saturated carbocycles. The molecule has 8 heteroatoms. The van der Waals surface area contributed by atoms with Gasteiger partial charge in [0.2, 0.25) is 0 Å². The molecule has 1 N–H and O–H groups in total. The molecule has 0 aliphatic carbocycles. The van der Waals surface area contributed by atoms with Gasteiger partial charge in [-0.2, -0.15) is 5.10 Å². The molecular formula is C23H39N5O3. The predicted molar refractivity (Wildman–Crippen MR) is 120 cm³/mol. The first kappa shape index (κ1) is 23.6. The van der Waals surface area contributed by atoms with E-state index in [0.717, 1.165) is 71.4 Å². The molecule has 1 unspecified atom stereocenters. The van der Waals surface area contributed by atoms with Gasteiger partial charge in [-0.05, 0) is 83.9 Å². The van der Waals surface area contributed by atoms with Crippen molar-refractivity contribution < 1.29 is 14.3 Å². The normalized spacial score (nSPS) is 22.5. The standard InChI is InChI=1S/C23H39N5O3/c1-23(2,3)31-22(30)27-13-8-18(9-14-27)15-19-16-24-10-5-6-12-28-20(7-11-25-28)21(29)26(4)17-19/h7,11,18-19,24H,5-6,8-10,12-17H2,1-4H3. The van der Waals surface area contributed by atoms with Gasteiger partial charge in [0.15, 0.2) is 0 Å². The summed E-state index contributed by atoms with van der Waals surface area (Å²) in [6.07, 6.45) is 6.62. The van der Waals surface area contributed by atoms with Crippen LogP contribution in [0.2, 0.25) is 0 Å². The van der Waals surface area contributed by atoms with Crippen LogP contribution in [-0.2, 0) is 11.3 Å². The largest absolute Gasteiger partial charge is 0.444 e. The zero-order valence-corrected chi connectivity index (χ0v) is 19.6. The zero-order valence-electron chi connectivity index (χ0n) is 19.6. The van der Waals surface area contributed by atoms with Gasteiger partial charge in [0.1, 0.15) is 11.3 Å². The van der Waals surface area contributed by atoms with Crippen LogP contribution in [-0.4, -0.2) is 77.0 Å². The van der Waals surface area contributed by atoms with E-state index in [1.807, 2.05) is 48.4 Å². The van der Waals surface area contributed by atoms with Crippen molar-refractivity contribution in [2.45, 2.75) is 65.0 Å². The molecule has 0 bridgehead atoms. The summed E-state index contributed by atoms with van der Waals surface area (Å²) in [5, 5.41) is 7.93. The maximum absolute atomic E-state index is 13.0. The average molecular weight is 434 g/mol. The van der Waals surface area contributed by atoms with E-state index in [1.165, 1.54) is 0 Å². The van der Waals surface area contributed by atoms with E-state index >= 15 is 0 Å². The predicted octanol–water partition coefficient (Wildman–Crippen LogP) is 2.99. The molecule has 0 aromatic carbocycles. The summed E-state index contributed by atoms with van der Waals surface area (Å²) in [6, 6.07) is 1.82. The lowest BCUT2D eigenvalue weighted by molar-refractivity contribution is 0.0172. The Hall–Kier alpha value is -2.09. The molecule has 174 valence electrons. The lowest BCUT2D eigenvalue weighted by Crippen LogP contribution is -2.43. The summed E-state index contributed by atoms with van der Waals surface area (Å²) in [4.78, 5) is 29.0. The second-order valence-electron chi connectivity index (χ2n) is 10.0. The lowest BCUT2D eigenvalue weighted by Gasteiger charge is -2.35. The van der Waals surface area contributed by atoms with Crippen LogP contribution in [0.25, 0.3) is 0 Å². The molecule has 0 radical (unpaired) electrons. The Kier molecular flexibility index (Phi) is 7.97. The Balaban J connectivity index is 1.56. The van der Waals surface area contributed by atoms with Gasteiger partial charge in [-0.25, -0.2) is 4.79 Å². The summed E-state index contributed by atoms with van der Waals surface area (Å²) in [5.41, 5.74) is 0.222. The zero-order chi connectivity index (χ0) is 22.4. The number of likely N-dealkylation sites (tertiary alicyclic amines) is 1. The van der Waals surface area contributed by atoms with Gasteiger partial charge in [0.25, 0.3) is 5.91 Å². The molecule has 2 aliphatic rings. The number of aromatic nitrogens is 2. The highest BCUT2D eigenvalue weighted by molar-refractivity contribution is 5.92. The van der Waals surface area contributed by atoms with Crippen molar-refractivity contribution >= 4 is 12.0 Å². The number of fused-ring (bicyclic) bond motifs is 1. The summed E-state index contributed by atoms with van der Waals surface area (Å²) in [7, 11) is 1.89. The van der Waals surface area contributed by atoms with Crippen LogP contribution in [0, 0.1) is 11.8 Å². The Bertz CT molecular complexity index is 734. The number of carbonyl (C=O) groups is 2. The quantitative estimate of drug-likeness (QED) is 0.776. The summed E-state index contributed by atoms with van der Waals surface area (Å²) >= 11 is 0. The Labute approximate surface area is 186 Å². The van der Waals surface area contributed by atoms with Crippen molar-refractivity contribution in [3.05, 3.63) is 18.0 Å². The van der Waals surface area contributed by atoms with Crippen LogP contribution >= 0.6 is 0 Å². The van der Waals surface area contributed by atoms with E-state index in [1.54, 1.807) is 6.20 Å². The van der Waals surface area contributed by atoms with Crippen LogP contribution in [0.3, 0.4) is 0 Å². The van der Waals surface area contributed by atoms with Crippen molar-refractivity contribution in [1.82, 2.24) is 24.9 Å². The highest BCUT2D eigenvalue weighted by Crippen LogP contribution is 2.26. The van der Waals surface area contributed by atoms with E-state index in [-0.39, 0.29) is 12.0 Å². The van der Waals surface area contributed by atoms with Gasteiger partial charge in [-0.15, -0.1) is 0 Å². The third kappa shape index (κ3) is 6.95. The minimum atomic E-state index is -0.459. The fraction of sp³-hybridized carbons (Fsp3) is 0.783. The Morgan fingerprint density at radius 2 is 1.94 bits per heavy atom. The fourth-order valence-corrected chi connectivity index (χ4v) is 4.55. The van der Waals surface area contributed by atoms with Gasteiger partial charge in [0.05, 0.1) is 0 Å². The molecule has 1 fully saturated rings. The van der Waals surface area contributed by atoms with Crippen molar-refractivity contribution in [2.24, 2.45) is 11.8 Å². The van der Waals surface area contributed by atoms with E-state index in [4.69, 9.17) is 4.74 Å². The van der Waals surface area contributed by atoms with Crippen molar-refractivity contribution in [3.8, 4) is 0 Å². The molecule has 2 amide bonds. The fourth-order valence-electron chi connectivity index (χ4n) is 4.55. The number of piperidine rings is 1. The Morgan fingerprint density at radius 3 is 2.65 bits per heavy atom. The van der Waals surface area contributed by atoms with Crippen LogP contribution in [0.4, 0.5) is 4.79 Å². The number of nitrogens with zero attached hydrogens (tertiary/aromatic N) is 4. The number of aryl methyl sites for hydroxylation is 1. The van der Waals surface area contributed by atoms with Gasteiger partial charge in [0, 0.05) is 39.4 Å². The van der Waals surface area contributed by atoms with Crippen LogP contribution in [0.5, 0.6) is 0 Å². The molecule has 3 rings (SSSR count). The van der Waals surface area contributed by atoms with Crippen molar-refractivity contribution in [3.63, 3.8) is 0 Å². The van der Waals surface area contributed by atoms with Gasteiger partial charge in [-0.3, -0.25) is 9.48 Å². The molecule has 2 aliphatic heterocycles. The van der Waals surface area contributed by atoms with Gasteiger partial charge >= 0.3 is 6.09 Å². The monoisotopic (exact) mass is 433 g/mol. The van der Waals surface area contributed by atoms with Crippen LogP contribution in [0.1, 0.15) is 63.4 Å². The smallest absolute Gasteiger partial charge is 0.410 e.